The monoisotopic (exact) mass is 358 g/mol. The third-order valence-electron chi connectivity index (χ3n) is 4.60. The van der Waals surface area contributed by atoms with E-state index in [1.54, 1.807) is 0 Å². The molecule has 2 heterocycles. The van der Waals surface area contributed by atoms with E-state index in [9.17, 15) is 9.90 Å². The lowest BCUT2D eigenvalue weighted by Gasteiger charge is -2.25. The highest BCUT2D eigenvalue weighted by molar-refractivity contribution is 5.78. The molecule has 2 aliphatic rings. The summed E-state index contributed by atoms with van der Waals surface area (Å²) in [6, 6.07) is 0.624. The van der Waals surface area contributed by atoms with Crippen molar-refractivity contribution in [1.29, 1.82) is 0 Å². The molecular formula is C21H46N2O2. The average molecular weight is 359 g/mol. The minimum Gasteiger partial charge on any atom is -0.390 e. The lowest BCUT2D eigenvalue weighted by molar-refractivity contribution is -0.118. The fourth-order valence-electron chi connectivity index (χ4n) is 2.90. The number of hydrogen-bond donors (Lipinski definition) is 1. The molecule has 2 aliphatic heterocycles. The third-order valence-corrected chi connectivity index (χ3v) is 4.60. The fraction of sp³-hybridized carbons (Fsp3) is 0.952. The molecule has 2 fully saturated rings. The molecule has 0 saturated carbocycles. The molecule has 0 spiro atoms. The van der Waals surface area contributed by atoms with E-state index in [-0.39, 0.29) is 0 Å². The fourth-order valence-corrected chi connectivity index (χ4v) is 2.90. The van der Waals surface area contributed by atoms with E-state index < -0.39 is 5.60 Å². The zero-order valence-corrected chi connectivity index (χ0v) is 18.4. The van der Waals surface area contributed by atoms with Crippen LogP contribution in [-0.4, -0.2) is 65.6 Å². The van der Waals surface area contributed by atoms with E-state index in [4.69, 9.17) is 0 Å². The number of hydrogen-bond acceptors (Lipinski definition) is 4. The molecular weight excluding hydrogens is 312 g/mol. The van der Waals surface area contributed by atoms with Gasteiger partial charge in [-0.15, -0.1) is 0 Å². The number of carbonyl (C=O) groups is 1. The number of nitrogens with zero attached hydrogens (tertiary/aromatic N) is 2. The maximum absolute atomic E-state index is 10.8. The first-order valence-corrected chi connectivity index (χ1v) is 10.5. The van der Waals surface area contributed by atoms with Crippen LogP contribution in [0.4, 0.5) is 0 Å². The topological polar surface area (TPSA) is 43.8 Å². The Labute approximate surface area is 158 Å². The smallest absolute Gasteiger partial charge is 0.134 e. The Balaban J connectivity index is 0. The van der Waals surface area contributed by atoms with E-state index in [2.05, 4.69) is 30.7 Å². The van der Waals surface area contributed by atoms with Crippen molar-refractivity contribution in [2.75, 3.05) is 33.2 Å². The minimum absolute atomic E-state index is 0.413. The second-order valence-electron chi connectivity index (χ2n) is 7.18. The van der Waals surface area contributed by atoms with Gasteiger partial charge in [0.25, 0.3) is 0 Å². The van der Waals surface area contributed by atoms with Crippen molar-refractivity contribution < 1.29 is 9.90 Å². The molecule has 2 rings (SSSR count). The van der Waals surface area contributed by atoms with Gasteiger partial charge in [0.1, 0.15) is 5.78 Å². The maximum atomic E-state index is 10.8. The van der Waals surface area contributed by atoms with Crippen LogP contribution < -0.4 is 0 Å². The molecule has 152 valence electrons. The van der Waals surface area contributed by atoms with Gasteiger partial charge >= 0.3 is 0 Å². The van der Waals surface area contributed by atoms with Gasteiger partial charge in [-0.3, -0.25) is 4.79 Å². The van der Waals surface area contributed by atoms with E-state index in [0.29, 0.717) is 11.8 Å². The molecule has 1 N–H and O–H groups in total. The Kier molecular flexibility index (Phi) is 16.9. The van der Waals surface area contributed by atoms with Crippen LogP contribution in [0.3, 0.4) is 0 Å². The van der Waals surface area contributed by atoms with Crippen LogP contribution in [0.25, 0.3) is 0 Å². The van der Waals surface area contributed by atoms with Gasteiger partial charge in [-0.2, -0.15) is 0 Å². The van der Waals surface area contributed by atoms with Gasteiger partial charge in [-0.1, -0.05) is 27.7 Å². The van der Waals surface area contributed by atoms with Crippen LogP contribution in [0.15, 0.2) is 0 Å². The van der Waals surface area contributed by atoms with Crippen LogP contribution in [-0.2, 0) is 4.79 Å². The lowest BCUT2D eigenvalue weighted by atomic mass is 9.98. The van der Waals surface area contributed by atoms with Crippen molar-refractivity contribution >= 4 is 5.78 Å². The first kappa shape index (κ1) is 26.8. The summed E-state index contributed by atoms with van der Waals surface area (Å²) in [7, 11) is 2.07. The summed E-state index contributed by atoms with van der Waals surface area (Å²) in [5.41, 5.74) is -0.413. The van der Waals surface area contributed by atoms with Gasteiger partial charge in [-0.25, -0.2) is 0 Å². The summed E-state index contributed by atoms with van der Waals surface area (Å²) < 4.78 is 0. The van der Waals surface area contributed by atoms with Crippen molar-refractivity contribution in [1.82, 2.24) is 9.80 Å². The quantitative estimate of drug-likeness (QED) is 0.756. The molecule has 0 bridgehead atoms. The SMILES string of the molecule is CC.CC.CC(C)N1CCCC(C)(O)CC1.CN1CCCC(=O)CC1. The first-order valence-electron chi connectivity index (χ1n) is 10.5. The molecule has 0 aliphatic carbocycles. The molecule has 0 radical (unpaired) electrons. The van der Waals surface area contributed by atoms with Gasteiger partial charge < -0.3 is 14.9 Å². The number of likely N-dealkylation sites (tertiary alicyclic amines) is 2. The van der Waals surface area contributed by atoms with E-state index in [1.165, 1.54) is 0 Å². The van der Waals surface area contributed by atoms with Crippen LogP contribution >= 0.6 is 0 Å². The standard InChI is InChI=1S/C10H21NO.C7H13NO.2C2H6/c1-9(2)11-7-4-5-10(3,12)6-8-11;1-8-5-2-3-7(9)4-6-8;2*1-2/h9,12H,4-8H2,1-3H3;2-6H2,1H3;2*1-2H3. The Morgan fingerprint density at radius 2 is 1.52 bits per heavy atom. The molecule has 25 heavy (non-hydrogen) atoms. The largest absolute Gasteiger partial charge is 0.390 e. The van der Waals surface area contributed by atoms with E-state index >= 15 is 0 Å². The molecule has 4 nitrogen and oxygen atoms in total. The number of aliphatic hydroxyl groups is 1. The molecule has 1 atom stereocenters. The Bertz CT molecular complexity index is 317. The third kappa shape index (κ3) is 14.4. The van der Waals surface area contributed by atoms with Crippen molar-refractivity contribution in [3.05, 3.63) is 0 Å². The van der Waals surface area contributed by atoms with Crippen LogP contribution in [0.5, 0.6) is 0 Å². The number of ketones is 1. The van der Waals surface area contributed by atoms with E-state index in [0.717, 1.165) is 64.7 Å². The van der Waals surface area contributed by atoms with Crippen molar-refractivity contribution in [2.45, 2.75) is 98.6 Å². The van der Waals surface area contributed by atoms with Crippen LogP contribution in [0.1, 0.15) is 87.0 Å². The second-order valence-corrected chi connectivity index (χ2v) is 7.18. The molecule has 2 saturated heterocycles. The highest BCUT2D eigenvalue weighted by Gasteiger charge is 2.25. The molecule has 4 heteroatoms. The zero-order valence-electron chi connectivity index (χ0n) is 18.4. The summed E-state index contributed by atoms with van der Waals surface area (Å²) in [5.74, 6) is 0.430. The van der Waals surface area contributed by atoms with Gasteiger partial charge in [0.2, 0.25) is 0 Å². The van der Waals surface area contributed by atoms with Gasteiger partial charge in [0.05, 0.1) is 5.60 Å². The average Bonchev–Trinajstić information content (AvgIpc) is 2.89. The van der Waals surface area contributed by atoms with Gasteiger partial charge in [0.15, 0.2) is 0 Å². The van der Waals surface area contributed by atoms with Crippen LogP contribution in [0, 0.1) is 0 Å². The van der Waals surface area contributed by atoms with Gasteiger partial charge in [-0.05, 0) is 66.6 Å². The molecule has 0 aromatic rings. The number of Topliss-reactive ketones (excluding diaryl/α,β-unsaturated/α-hetero) is 1. The number of carbonyl (C=O) groups excluding carboxylic acids is 1. The summed E-state index contributed by atoms with van der Waals surface area (Å²) in [6.45, 7) is 18.6. The zero-order chi connectivity index (χ0) is 19.9. The summed E-state index contributed by atoms with van der Waals surface area (Å²) in [5, 5.41) is 9.83. The first-order chi connectivity index (χ1) is 11.8. The summed E-state index contributed by atoms with van der Waals surface area (Å²) in [6.07, 6.45) is 5.61. The Morgan fingerprint density at radius 3 is 2.08 bits per heavy atom. The van der Waals surface area contributed by atoms with E-state index in [1.807, 2.05) is 34.6 Å². The highest BCUT2D eigenvalue weighted by atomic mass is 16.3. The highest BCUT2D eigenvalue weighted by Crippen LogP contribution is 2.22. The predicted molar refractivity (Wildman–Crippen MR) is 110 cm³/mol. The molecule has 0 amide bonds. The Morgan fingerprint density at radius 1 is 0.920 bits per heavy atom. The molecule has 0 aromatic carbocycles. The summed E-state index contributed by atoms with van der Waals surface area (Å²) >= 11 is 0. The maximum Gasteiger partial charge on any atom is 0.134 e. The summed E-state index contributed by atoms with van der Waals surface area (Å²) in [4.78, 5) is 15.5. The van der Waals surface area contributed by atoms with Crippen molar-refractivity contribution in [3.8, 4) is 0 Å². The Hall–Kier alpha value is -0.450. The normalized spacial score (nSPS) is 25.3. The van der Waals surface area contributed by atoms with Crippen molar-refractivity contribution in [2.24, 2.45) is 0 Å². The minimum atomic E-state index is -0.413. The second kappa shape index (κ2) is 15.8. The molecule has 1 unspecified atom stereocenters. The lowest BCUT2D eigenvalue weighted by Crippen LogP contribution is -2.33. The number of rotatable bonds is 1. The van der Waals surface area contributed by atoms with Gasteiger partial charge in [0, 0.05) is 32.0 Å². The van der Waals surface area contributed by atoms with Crippen LogP contribution in [0.2, 0.25) is 0 Å². The molecule has 0 aromatic heterocycles. The van der Waals surface area contributed by atoms with Crippen molar-refractivity contribution in [3.63, 3.8) is 0 Å². The predicted octanol–water partition coefficient (Wildman–Crippen LogP) is 4.36.